The van der Waals surface area contributed by atoms with Crippen LogP contribution in [0.4, 0.5) is 22.0 Å². The van der Waals surface area contributed by atoms with Gasteiger partial charge in [-0.15, -0.1) is 0 Å². The van der Waals surface area contributed by atoms with E-state index in [1.807, 2.05) is 0 Å². The largest absolute Gasteiger partial charge is 0.461 e. The normalized spacial score (nSPS) is 12.6. The number of rotatable bonds is 3. The fourth-order valence-corrected chi connectivity index (χ4v) is 3.08. The first-order chi connectivity index (χ1) is 11.7. The van der Waals surface area contributed by atoms with Crippen molar-refractivity contribution in [2.45, 2.75) is 28.9 Å². The van der Waals surface area contributed by atoms with Gasteiger partial charge in [0.15, 0.2) is 0 Å². The van der Waals surface area contributed by atoms with E-state index in [-0.39, 0.29) is 10.5 Å². The fraction of sp³-hybridized carbons (Fsp3) is 0.176. The molecule has 0 bridgehead atoms. The Hall–Kier alpha value is -2.22. The first-order valence-corrected chi connectivity index (χ1v) is 7.96. The number of halogens is 5. The van der Waals surface area contributed by atoms with Gasteiger partial charge in [0.05, 0.1) is 5.52 Å². The highest BCUT2D eigenvalue weighted by Gasteiger charge is 2.61. The molecule has 0 saturated heterocycles. The van der Waals surface area contributed by atoms with E-state index in [1.165, 1.54) is 6.07 Å². The molecule has 0 atom stereocenters. The summed E-state index contributed by atoms with van der Waals surface area (Å²) < 4.78 is 65.6. The van der Waals surface area contributed by atoms with Crippen molar-refractivity contribution in [1.82, 2.24) is 9.97 Å². The lowest BCUT2D eigenvalue weighted by Gasteiger charge is -2.19. The number of alkyl halides is 5. The third-order valence-electron chi connectivity index (χ3n) is 3.41. The molecule has 0 spiro atoms. The second-order valence-corrected chi connectivity index (χ2v) is 6.42. The fourth-order valence-electron chi connectivity index (χ4n) is 2.16. The zero-order valence-electron chi connectivity index (χ0n) is 12.8. The molecule has 25 heavy (non-hydrogen) atoms. The minimum atomic E-state index is -5.76. The van der Waals surface area contributed by atoms with E-state index in [9.17, 15) is 22.0 Å². The van der Waals surface area contributed by atoms with Gasteiger partial charge in [-0.2, -0.15) is 22.0 Å². The van der Waals surface area contributed by atoms with Crippen LogP contribution in [0.15, 0.2) is 58.5 Å². The lowest BCUT2D eigenvalue weighted by molar-refractivity contribution is -0.292. The maximum absolute atomic E-state index is 13.7. The van der Waals surface area contributed by atoms with E-state index < -0.39 is 17.9 Å². The molecule has 2 nitrogen and oxygen atoms in total. The maximum Gasteiger partial charge on any atom is 0.461 e. The van der Waals surface area contributed by atoms with Gasteiger partial charge in [0.25, 0.3) is 0 Å². The Kier molecular flexibility index (Phi) is 4.40. The number of nitrogens with zero attached hydrogens (tertiary/aromatic N) is 2. The Balaban J connectivity index is 2.20. The van der Waals surface area contributed by atoms with E-state index in [2.05, 4.69) is 9.97 Å². The Morgan fingerprint density at radius 2 is 1.56 bits per heavy atom. The minimum absolute atomic E-state index is 0.0398. The molecule has 130 valence electrons. The van der Waals surface area contributed by atoms with E-state index in [0.717, 1.165) is 17.3 Å². The third-order valence-corrected chi connectivity index (χ3v) is 4.42. The number of benzene rings is 2. The predicted molar refractivity (Wildman–Crippen MR) is 84.8 cm³/mol. The van der Waals surface area contributed by atoms with Crippen molar-refractivity contribution in [3.8, 4) is 0 Å². The van der Waals surface area contributed by atoms with Gasteiger partial charge in [-0.05, 0) is 31.2 Å². The van der Waals surface area contributed by atoms with Crippen LogP contribution in [0, 0.1) is 6.92 Å². The van der Waals surface area contributed by atoms with Gasteiger partial charge in [0.1, 0.15) is 5.03 Å². The van der Waals surface area contributed by atoms with Crippen LogP contribution in [-0.2, 0) is 5.92 Å². The van der Waals surface area contributed by atoms with Crippen molar-refractivity contribution in [2.24, 2.45) is 0 Å². The molecule has 0 N–H and O–H groups in total. The molecule has 1 aromatic heterocycles. The number of aromatic nitrogens is 2. The third kappa shape index (κ3) is 3.44. The van der Waals surface area contributed by atoms with Crippen LogP contribution in [0.5, 0.6) is 0 Å². The second-order valence-electron chi connectivity index (χ2n) is 5.36. The summed E-state index contributed by atoms with van der Waals surface area (Å²) >= 11 is 1.01. The molecular formula is C17H11F5N2S. The summed E-state index contributed by atoms with van der Waals surface area (Å²) in [4.78, 5) is 7.69. The summed E-state index contributed by atoms with van der Waals surface area (Å²) in [5.41, 5.74) is 0.860. The molecule has 0 unspecified atom stereocenters. The van der Waals surface area contributed by atoms with Gasteiger partial charge < -0.3 is 0 Å². The Labute approximate surface area is 144 Å². The summed E-state index contributed by atoms with van der Waals surface area (Å²) in [6.07, 6.45) is -5.76. The van der Waals surface area contributed by atoms with Crippen LogP contribution < -0.4 is 0 Å². The monoisotopic (exact) mass is 370 g/mol. The highest BCUT2D eigenvalue weighted by atomic mass is 32.2. The Morgan fingerprint density at radius 3 is 2.20 bits per heavy atom. The smallest absolute Gasteiger partial charge is 0.227 e. The zero-order valence-corrected chi connectivity index (χ0v) is 13.6. The van der Waals surface area contributed by atoms with Crippen LogP contribution >= 0.6 is 11.8 Å². The molecule has 2 aromatic carbocycles. The van der Waals surface area contributed by atoms with Crippen LogP contribution in [0.3, 0.4) is 0 Å². The molecule has 1 heterocycles. The van der Waals surface area contributed by atoms with E-state index in [4.69, 9.17) is 0 Å². The summed E-state index contributed by atoms with van der Waals surface area (Å²) in [5.74, 6) is -6.67. The number of fused-ring (bicyclic) bond motifs is 1. The molecule has 3 rings (SSSR count). The van der Waals surface area contributed by atoms with Crippen molar-refractivity contribution < 1.29 is 22.0 Å². The van der Waals surface area contributed by atoms with Gasteiger partial charge in [-0.25, -0.2) is 9.97 Å². The predicted octanol–water partition coefficient (Wildman–Crippen LogP) is 5.74. The lowest BCUT2D eigenvalue weighted by Crippen LogP contribution is -2.35. The van der Waals surface area contributed by atoms with Gasteiger partial charge in [-0.1, -0.05) is 41.6 Å². The Morgan fingerprint density at radius 1 is 0.880 bits per heavy atom. The molecule has 3 aromatic rings. The average Bonchev–Trinajstić information content (AvgIpc) is 2.55. The van der Waals surface area contributed by atoms with Crippen molar-refractivity contribution in [3.63, 3.8) is 0 Å². The molecule has 0 aliphatic heterocycles. The van der Waals surface area contributed by atoms with Crippen molar-refractivity contribution in [1.29, 1.82) is 0 Å². The van der Waals surface area contributed by atoms with E-state index >= 15 is 0 Å². The van der Waals surface area contributed by atoms with Gasteiger partial charge >= 0.3 is 12.1 Å². The van der Waals surface area contributed by atoms with Gasteiger partial charge in [0, 0.05) is 10.3 Å². The molecule has 0 amide bonds. The second kappa shape index (κ2) is 6.25. The molecule has 0 saturated carbocycles. The standard InChI is InChI=1S/C17H11F5N2S/c1-10-7-8-13-12(9-10)14(25-11-5-3-2-4-6-11)24-15(23-13)16(18,19)17(20,21)22/h2-9H,1H3. The molecule has 8 heteroatoms. The zero-order chi connectivity index (χ0) is 18.2. The lowest BCUT2D eigenvalue weighted by atomic mass is 10.1. The molecule has 0 radical (unpaired) electrons. The first-order valence-electron chi connectivity index (χ1n) is 7.15. The van der Waals surface area contributed by atoms with Crippen LogP contribution in [0.25, 0.3) is 10.9 Å². The number of hydrogen-bond acceptors (Lipinski definition) is 3. The Bertz CT molecular complexity index is 910. The summed E-state index contributed by atoms with van der Waals surface area (Å²) in [6, 6.07) is 13.4. The topological polar surface area (TPSA) is 25.8 Å². The van der Waals surface area contributed by atoms with Crippen LogP contribution in [0.2, 0.25) is 0 Å². The molecule has 0 fully saturated rings. The van der Waals surface area contributed by atoms with E-state index in [1.54, 1.807) is 49.4 Å². The highest BCUT2D eigenvalue weighted by Crippen LogP contribution is 2.44. The van der Waals surface area contributed by atoms with E-state index in [0.29, 0.717) is 10.3 Å². The van der Waals surface area contributed by atoms with Crippen molar-refractivity contribution in [3.05, 3.63) is 59.9 Å². The van der Waals surface area contributed by atoms with Crippen molar-refractivity contribution in [2.75, 3.05) is 0 Å². The minimum Gasteiger partial charge on any atom is -0.227 e. The number of hydrogen-bond donors (Lipinski definition) is 0. The maximum atomic E-state index is 13.7. The first kappa shape index (κ1) is 17.6. The average molecular weight is 370 g/mol. The van der Waals surface area contributed by atoms with Gasteiger partial charge in [0.2, 0.25) is 5.82 Å². The molecule has 0 aliphatic rings. The summed E-state index contributed by atoms with van der Waals surface area (Å²) in [6.45, 7) is 1.79. The summed E-state index contributed by atoms with van der Waals surface area (Å²) in [5, 5.41) is 0.481. The van der Waals surface area contributed by atoms with Gasteiger partial charge in [-0.3, -0.25) is 0 Å². The van der Waals surface area contributed by atoms with Crippen LogP contribution in [-0.4, -0.2) is 16.1 Å². The molecule has 0 aliphatic carbocycles. The van der Waals surface area contributed by atoms with Crippen LogP contribution in [0.1, 0.15) is 11.4 Å². The molecular weight excluding hydrogens is 359 g/mol. The van der Waals surface area contributed by atoms with Crippen molar-refractivity contribution >= 4 is 22.7 Å². The summed E-state index contributed by atoms with van der Waals surface area (Å²) in [7, 11) is 0. The SMILES string of the molecule is Cc1ccc2nc(C(F)(F)C(F)(F)F)nc(Sc3ccccc3)c2c1. The highest BCUT2D eigenvalue weighted by molar-refractivity contribution is 7.99. The quantitative estimate of drug-likeness (QED) is 0.434. The number of aryl methyl sites for hydroxylation is 1.